The summed E-state index contributed by atoms with van der Waals surface area (Å²) < 4.78 is 5.09. The Morgan fingerprint density at radius 3 is 2.00 bits per heavy atom. The van der Waals surface area contributed by atoms with Gasteiger partial charge in [-0.25, -0.2) is 0 Å². The Balaban J connectivity index is 2.29. The molecule has 0 amide bonds. The summed E-state index contributed by atoms with van der Waals surface area (Å²) in [4.78, 5) is 11.4. The second-order valence-corrected chi connectivity index (χ2v) is 5.51. The van der Waals surface area contributed by atoms with E-state index >= 15 is 0 Å². The minimum Gasteiger partial charge on any atom is -0.466 e. The van der Waals surface area contributed by atoms with E-state index in [1.54, 1.807) is 0 Å². The number of carbonyl (C=O) groups is 1. The molecule has 0 aromatic heterocycles. The first-order valence-corrected chi connectivity index (χ1v) is 7.72. The third-order valence-corrected chi connectivity index (χ3v) is 3.73. The first kappa shape index (κ1) is 16.4. The van der Waals surface area contributed by atoms with Gasteiger partial charge in [-0.1, -0.05) is 38.5 Å². The van der Waals surface area contributed by atoms with Crippen LogP contribution in [-0.2, 0) is 9.53 Å². The molecule has 0 aliphatic carbocycles. The summed E-state index contributed by atoms with van der Waals surface area (Å²) >= 11 is 0. The van der Waals surface area contributed by atoms with E-state index in [0.29, 0.717) is 32.3 Å². The van der Waals surface area contributed by atoms with Gasteiger partial charge in [-0.15, -0.1) is 0 Å². The van der Waals surface area contributed by atoms with Gasteiger partial charge in [0.25, 0.3) is 0 Å². The Hall–Kier alpha value is -0.610. The quantitative estimate of drug-likeness (QED) is 0.665. The maximum absolute atomic E-state index is 11.4. The van der Waals surface area contributed by atoms with Gasteiger partial charge in [0.2, 0.25) is 0 Å². The third-order valence-electron chi connectivity index (χ3n) is 3.73. The summed E-state index contributed by atoms with van der Waals surface area (Å²) in [6.07, 6.45) is 8.59. The van der Waals surface area contributed by atoms with Gasteiger partial charge in [0.1, 0.15) is 0 Å². The van der Waals surface area contributed by atoms with E-state index in [0.717, 1.165) is 25.7 Å². The van der Waals surface area contributed by atoms with Gasteiger partial charge in [0.05, 0.1) is 18.8 Å². The first-order valence-electron chi connectivity index (χ1n) is 7.72. The number of aliphatic hydroxyl groups excluding tert-OH is 2. The molecule has 0 bridgehead atoms. The zero-order valence-corrected chi connectivity index (χ0v) is 11.9. The van der Waals surface area contributed by atoms with Crippen LogP contribution < -0.4 is 0 Å². The molecule has 0 saturated carbocycles. The summed E-state index contributed by atoms with van der Waals surface area (Å²) in [5, 5.41) is 19.5. The summed E-state index contributed by atoms with van der Waals surface area (Å²) in [6.45, 7) is 0.350. The van der Waals surface area contributed by atoms with Crippen molar-refractivity contribution in [1.29, 1.82) is 0 Å². The zero-order chi connectivity index (χ0) is 13.9. The van der Waals surface area contributed by atoms with Gasteiger partial charge in [0.15, 0.2) is 0 Å². The fourth-order valence-corrected chi connectivity index (χ4v) is 2.44. The van der Waals surface area contributed by atoms with Gasteiger partial charge in [-0.05, 0) is 25.7 Å². The Kier molecular flexibility index (Phi) is 8.84. The SMILES string of the molecule is O=C1CCCCCCCCC[C@@H](O)[C@@H](O)CCCO1. The third kappa shape index (κ3) is 8.22. The van der Waals surface area contributed by atoms with Crippen molar-refractivity contribution in [2.45, 2.75) is 82.8 Å². The van der Waals surface area contributed by atoms with E-state index in [2.05, 4.69) is 0 Å². The topological polar surface area (TPSA) is 66.8 Å². The molecule has 4 heteroatoms. The summed E-state index contributed by atoms with van der Waals surface area (Å²) in [5.74, 6) is -0.137. The molecule has 1 fully saturated rings. The molecule has 1 saturated heterocycles. The molecule has 1 heterocycles. The van der Waals surface area contributed by atoms with Crippen molar-refractivity contribution in [3.63, 3.8) is 0 Å². The van der Waals surface area contributed by atoms with Crippen LogP contribution in [0.3, 0.4) is 0 Å². The van der Waals surface area contributed by atoms with Crippen LogP contribution in [0, 0.1) is 0 Å². The highest BCUT2D eigenvalue weighted by atomic mass is 16.5. The van der Waals surface area contributed by atoms with Crippen molar-refractivity contribution >= 4 is 5.97 Å². The van der Waals surface area contributed by atoms with E-state index in [1.807, 2.05) is 0 Å². The molecule has 0 spiro atoms. The normalized spacial score (nSPS) is 29.7. The second kappa shape index (κ2) is 10.2. The van der Waals surface area contributed by atoms with Crippen molar-refractivity contribution in [3.8, 4) is 0 Å². The largest absolute Gasteiger partial charge is 0.466 e. The van der Waals surface area contributed by atoms with Crippen LogP contribution in [0.1, 0.15) is 70.6 Å². The first-order chi connectivity index (χ1) is 9.20. The lowest BCUT2D eigenvalue weighted by Gasteiger charge is -2.17. The molecule has 1 aliphatic heterocycles. The predicted molar refractivity (Wildman–Crippen MR) is 73.8 cm³/mol. The number of aliphatic hydroxyl groups is 2. The van der Waals surface area contributed by atoms with Crippen LogP contribution in [0.2, 0.25) is 0 Å². The molecule has 112 valence electrons. The number of hydrogen-bond donors (Lipinski definition) is 2. The average molecular weight is 272 g/mol. The molecule has 0 aromatic carbocycles. The highest BCUT2D eigenvalue weighted by molar-refractivity contribution is 5.69. The van der Waals surface area contributed by atoms with E-state index in [-0.39, 0.29) is 5.97 Å². The molecule has 0 radical (unpaired) electrons. The van der Waals surface area contributed by atoms with Gasteiger partial charge in [-0.3, -0.25) is 4.79 Å². The maximum Gasteiger partial charge on any atom is 0.305 e. The highest BCUT2D eigenvalue weighted by Crippen LogP contribution is 2.14. The molecular weight excluding hydrogens is 244 g/mol. The average Bonchev–Trinajstić information content (AvgIpc) is 2.40. The number of hydrogen-bond acceptors (Lipinski definition) is 4. The van der Waals surface area contributed by atoms with E-state index in [4.69, 9.17) is 4.74 Å². The van der Waals surface area contributed by atoms with Crippen LogP contribution in [0.4, 0.5) is 0 Å². The molecule has 0 aromatic rings. The van der Waals surface area contributed by atoms with Crippen molar-refractivity contribution < 1.29 is 19.7 Å². The standard InChI is InChI=1S/C15H28O4/c16-13-9-6-4-2-1-3-5-7-11-15(18)19-12-8-10-14(13)17/h13-14,16-17H,1-12H2/t13-,14+/m1/s1. The molecule has 19 heavy (non-hydrogen) atoms. The second-order valence-electron chi connectivity index (χ2n) is 5.51. The van der Waals surface area contributed by atoms with Crippen LogP contribution in [-0.4, -0.2) is 35.0 Å². The lowest BCUT2D eigenvalue weighted by molar-refractivity contribution is -0.144. The fraction of sp³-hybridized carbons (Fsp3) is 0.933. The van der Waals surface area contributed by atoms with E-state index in [9.17, 15) is 15.0 Å². The van der Waals surface area contributed by atoms with Crippen LogP contribution in [0.25, 0.3) is 0 Å². The molecular formula is C15H28O4. The van der Waals surface area contributed by atoms with Crippen molar-refractivity contribution in [1.82, 2.24) is 0 Å². The summed E-state index contributed by atoms with van der Waals surface area (Å²) in [5.41, 5.74) is 0. The Labute approximate surface area is 116 Å². The minimum absolute atomic E-state index is 0.137. The van der Waals surface area contributed by atoms with Crippen LogP contribution in [0.5, 0.6) is 0 Å². The number of rotatable bonds is 0. The lowest BCUT2D eigenvalue weighted by Crippen LogP contribution is -2.26. The molecule has 2 N–H and O–H groups in total. The van der Waals surface area contributed by atoms with E-state index < -0.39 is 12.2 Å². The smallest absolute Gasteiger partial charge is 0.305 e. The van der Waals surface area contributed by atoms with Crippen LogP contribution >= 0.6 is 0 Å². The summed E-state index contributed by atoms with van der Waals surface area (Å²) in [7, 11) is 0. The Morgan fingerprint density at radius 2 is 1.32 bits per heavy atom. The van der Waals surface area contributed by atoms with Crippen molar-refractivity contribution in [3.05, 3.63) is 0 Å². The van der Waals surface area contributed by atoms with E-state index in [1.165, 1.54) is 19.3 Å². The van der Waals surface area contributed by atoms with Crippen molar-refractivity contribution in [2.24, 2.45) is 0 Å². The maximum atomic E-state index is 11.4. The molecule has 1 aliphatic rings. The van der Waals surface area contributed by atoms with Crippen molar-refractivity contribution in [2.75, 3.05) is 6.61 Å². The predicted octanol–water partition coefficient (Wildman–Crippen LogP) is 2.56. The number of esters is 1. The number of cyclic esters (lactones) is 1. The highest BCUT2D eigenvalue weighted by Gasteiger charge is 2.15. The summed E-state index contributed by atoms with van der Waals surface area (Å²) in [6, 6.07) is 0. The van der Waals surface area contributed by atoms with Crippen LogP contribution in [0.15, 0.2) is 0 Å². The molecule has 4 nitrogen and oxygen atoms in total. The minimum atomic E-state index is -0.688. The Morgan fingerprint density at radius 1 is 0.789 bits per heavy atom. The van der Waals surface area contributed by atoms with Gasteiger partial charge in [-0.2, -0.15) is 0 Å². The molecule has 0 unspecified atom stereocenters. The molecule has 1 rings (SSSR count). The molecule has 2 atom stereocenters. The lowest BCUT2D eigenvalue weighted by atomic mass is 10.0. The zero-order valence-electron chi connectivity index (χ0n) is 11.9. The van der Waals surface area contributed by atoms with Gasteiger partial charge < -0.3 is 14.9 Å². The Bertz CT molecular complexity index is 242. The van der Waals surface area contributed by atoms with Gasteiger partial charge in [0, 0.05) is 6.42 Å². The monoisotopic (exact) mass is 272 g/mol. The number of carbonyl (C=O) groups excluding carboxylic acids is 1. The van der Waals surface area contributed by atoms with Gasteiger partial charge >= 0.3 is 5.97 Å². The fourth-order valence-electron chi connectivity index (χ4n) is 2.44. The number of ether oxygens (including phenoxy) is 1.